The largest absolute Gasteiger partial charge is 0.507 e. The van der Waals surface area contributed by atoms with Crippen LogP contribution in [0.2, 0.25) is 0 Å². The van der Waals surface area contributed by atoms with Crippen LogP contribution in [-0.4, -0.2) is 111 Å². The molecule has 4 aliphatic rings. The summed E-state index contributed by atoms with van der Waals surface area (Å²) in [5.74, 6) is 0.324. The maximum atomic E-state index is 14.9. The molecule has 306 valence electrons. The number of nitrogens with zero attached hydrogens (tertiary/aromatic N) is 8. The van der Waals surface area contributed by atoms with Gasteiger partial charge in [-0.05, 0) is 105 Å². The van der Waals surface area contributed by atoms with Gasteiger partial charge in [0, 0.05) is 82.8 Å². The van der Waals surface area contributed by atoms with E-state index < -0.39 is 5.41 Å². The number of aromatic nitrogens is 4. The molecule has 1 atom stereocenters. The fourth-order valence-corrected chi connectivity index (χ4v) is 9.91. The Morgan fingerprint density at radius 2 is 1.58 bits per heavy atom. The summed E-state index contributed by atoms with van der Waals surface area (Å²) < 4.78 is 1.88. The van der Waals surface area contributed by atoms with Gasteiger partial charge >= 0.3 is 0 Å². The number of likely N-dealkylation sites (N-methyl/N-ethyl adjacent to an activating group) is 1. The summed E-state index contributed by atoms with van der Waals surface area (Å²) in [4.78, 5) is 48.2. The van der Waals surface area contributed by atoms with Gasteiger partial charge in [0.05, 0.1) is 40.1 Å². The zero-order valence-electron chi connectivity index (χ0n) is 33.7. The second-order valence-corrected chi connectivity index (χ2v) is 17.0. The number of carbonyl (C=O) groups is 3. The number of carbonyl (C=O) groups excluding carboxylic acids is 3. The minimum atomic E-state index is -0.755. The van der Waals surface area contributed by atoms with Crippen LogP contribution in [0.5, 0.6) is 5.75 Å². The Bertz CT molecular complexity index is 2270. The van der Waals surface area contributed by atoms with Crippen molar-refractivity contribution >= 4 is 34.6 Å². The van der Waals surface area contributed by atoms with Crippen LogP contribution in [0.15, 0.2) is 91.3 Å². The van der Waals surface area contributed by atoms with Gasteiger partial charge in [0.2, 0.25) is 17.7 Å². The normalized spacial score (nSPS) is 20.8. The number of para-hydroxylation sites is 1. The van der Waals surface area contributed by atoms with Crippen molar-refractivity contribution in [1.29, 1.82) is 0 Å². The summed E-state index contributed by atoms with van der Waals surface area (Å²) in [6, 6.07) is 25.7. The van der Waals surface area contributed by atoms with Crippen LogP contribution >= 0.6 is 0 Å². The van der Waals surface area contributed by atoms with E-state index in [-0.39, 0.29) is 35.4 Å². The van der Waals surface area contributed by atoms with Gasteiger partial charge in [-0.3, -0.25) is 19.7 Å². The summed E-state index contributed by atoms with van der Waals surface area (Å²) in [6.07, 6.45) is 10.1. The maximum absolute atomic E-state index is 14.9. The lowest BCUT2D eigenvalue weighted by Crippen LogP contribution is -2.56. The summed E-state index contributed by atoms with van der Waals surface area (Å²) in [7, 11) is 2.01. The van der Waals surface area contributed by atoms with E-state index in [4.69, 9.17) is 5.10 Å². The fraction of sp³-hybridized carbons (Fsp3) is 0.435. The zero-order chi connectivity index (χ0) is 40.5. The van der Waals surface area contributed by atoms with Crippen LogP contribution in [0.4, 0.5) is 11.4 Å². The highest BCUT2D eigenvalue weighted by Gasteiger charge is 2.48. The highest BCUT2D eigenvalue weighted by atomic mass is 16.3. The lowest BCUT2D eigenvalue weighted by atomic mass is 9.73. The number of amides is 3. The molecule has 7 heterocycles. The first-order chi connectivity index (χ1) is 28.7. The van der Waals surface area contributed by atoms with Crippen LogP contribution in [0.1, 0.15) is 68.5 Å². The van der Waals surface area contributed by atoms with Crippen LogP contribution in [0.3, 0.4) is 0 Å². The molecule has 2 N–H and O–H groups in total. The number of fused-ring (bicyclic) bond motifs is 1. The number of hydrogen-bond acceptors (Lipinski definition) is 10. The van der Waals surface area contributed by atoms with Crippen molar-refractivity contribution < 1.29 is 19.5 Å². The Kier molecular flexibility index (Phi) is 10.8. The van der Waals surface area contributed by atoms with Crippen molar-refractivity contribution in [3.63, 3.8) is 0 Å². The fourth-order valence-electron chi connectivity index (χ4n) is 9.91. The second kappa shape index (κ2) is 16.4. The number of pyridine rings is 1. The monoisotopic (exact) mass is 795 g/mol. The predicted molar refractivity (Wildman–Crippen MR) is 226 cm³/mol. The Hall–Kier alpha value is -5.82. The highest BCUT2D eigenvalue weighted by Crippen LogP contribution is 2.40. The molecule has 2 aromatic carbocycles. The summed E-state index contributed by atoms with van der Waals surface area (Å²) >= 11 is 0. The topological polar surface area (TPSA) is 140 Å². The number of imide groups is 1. The molecule has 0 saturated carbocycles. The van der Waals surface area contributed by atoms with Gasteiger partial charge in [-0.15, -0.1) is 0 Å². The average Bonchev–Trinajstić information content (AvgIpc) is 3.72. The third-order valence-electron chi connectivity index (χ3n) is 13.5. The van der Waals surface area contributed by atoms with Gasteiger partial charge in [-0.25, -0.2) is 4.52 Å². The third kappa shape index (κ3) is 7.87. The number of nitrogens with one attached hydrogen (secondary N) is 1. The molecule has 0 bridgehead atoms. The first kappa shape index (κ1) is 38.7. The molecule has 4 aliphatic heterocycles. The molecular formula is C46H53N9O4. The molecule has 13 nitrogen and oxygen atoms in total. The van der Waals surface area contributed by atoms with Crippen molar-refractivity contribution in [2.24, 2.45) is 5.92 Å². The highest BCUT2D eigenvalue weighted by molar-refractivity contribution is 6.01. The van der Waals surface area contributed by atoms with E-state index >= 15 is 0 Å². The number of aromatic hydroxyl groups is 1. The van der Waals surface area contributed by atoms with Crippen LogP contribution in [0.25, 0.3) is 16.8 Å². The van der Waals surface area contributed by atoms with Gasteiger partial charge in [0.1, 0.15) is 5.75 Å². The van der Waals surface area contributed by atoms with Gasteiger partial charge < -0.3 is 24.7 Å². The zero-order valence-corrected chi connectivity index (χ0v) is 33.7. The SMILES string of the molecule is CN(C(=O)C1(c2cc3ccccn3n2)CCN(c2cnnc(-c3ccccc3O)c2)CC1)C1CCN(CC2CCN(c3ccc([C@H]4CCC(=O)NC4=O)cc3)CC2)CC1. The van der Waals surface area contributed by atoms with Crippen molar-refractivity contribution in [3.8, 4) is 17.0 Å². The number of anilines is 2. The summed E-state index contributed by atoms with van der Waals surface area (Å²) in [6.45, 7) is 6.38. The van der Waals surface area contributed by atoms with E-state index in [1.165, 1.54) is 5.69 Å². The van der Waals surface area contributed by atoms with Gasteiger partial charge in [-0.2, -0.15) is 15.3 Å². The number of hydrogen-bond donors (Lipinski definition) is 2. The van der Waals surface area contributed by atoms with Crippen LogP contribution in [0, 0.1) is 5.92 Å². The van der Waals surface area contributed by atoms with Crippen molar-refractivity contribution in [2.45, 2.75) is 68.7 Å². The smallest absolute Gasteiger partial charge is 0.235 e. The third-order valence-corrected chi connectivity index (χ3v) is 13.5. The maximum Gasteiger partial charge on any atom is 0.235 e. The first-order valence-electron chi connectivity index (χ1n) is 21.2. The number of phenolic OH excluding ortho intramolecular Hbond substituents is 1. The second-order valence-electron chi connectivity index (χ2n) is 17.0. The lowest BCUT2D eigenvalue weighted by Gasteiger charge is -2.45. The minimum Gasteiger partial charge on any atom is -0.507 e. The quantitative estimate of drug-likeness (QED) is 0.187. The number of phenols is 1. The summed E-state index contributed by atoms with van der Waals surface area (Å²) in [5.41, 5.74) is 5.38. The average molecular weight is 796 g/mol. The molecule has 0 unspecified atom stereocenters. The first-order valence-corrected chi connectivity index (χ1v) is 21.2. The van der Waals surface area contributed by atoms with E-state index in [1.54, 1.807) is 18.3 Å². The Balaban J connectivity index is 0.812. The van der Waals surface area contributed by atoms with E-state index in [0.717, 1.165) is 80.9 Å². The molecule has 9 rings (SSSR count). The molecule has 0 spiro atoms. The van der Waals surface area contributed by atoms with E-state index in [2.05, 4.69) is 48.4 Å². The number of rotatable bonds is 9. The van der Waals surface area contributed by atoms with Crippen molar-refractivity contribution in [2.75, 3.05) is 62.7 Å². The standard InChI is InChI=1S/C46H53N9O4/c1-51(34-17-22-52(23-18-34)31-32-15-24-53(25-16-32)35-11-9-33(10-12-35)38-13-14-43(57)48-44(38)58)45(59)46(42-29-36-6-4-5-21-55(36)50-42)19-26-54(27-20-46)37-28-40(49-47-30-37)39-7-2-3-8-41(39)56/h2-12,21,28-30,32,34,38,56H,13-20,22-27,31H2,1H3,(H,48,57,58)/t38-/m1/s1. The van der Waals surface area contributed by atoms with E-state index in [1.807, 2.05) is 71.2 Å². The van der Waals surface area contributed by atoms with Crippen LogP contribution < -0.4 is 15.1 Å². The van der Waals surface area contributed by atoms with Crippen molar-refractivity contribution in [3.05, 3.63) is 103 Å². The van der Waals surface area contributed by atoms with Crippen LogP contribution in [-0.2, 0) is 19.8 Å². The van der Waals surface area contributed by atoms with E-state index in [9.17, 15) is 19.5 Å². The molecule has 3 amide bonds. The van der Waals surface area contributed by atoms with E-state index in [0.29, 0.717) is 55.9 Å². The lowest BCUT2D eigenvalue weighted by molar-refractivity contribution is -0.140. The number of likely N-dealkylation sites (tertiary alicyclic amines) is 1. The molecular weight excluding hydrogens is 743 g/mol. The Labute approximate surface area is 345 Å². The molecule has 0 radical (unpaired) electrons. The number of benzene rings is 2. The molecule has 3 aromatic heterocycles. The van der Waals surface area contributed by atoms with Gasteiger partial charge in [0.25, 0.3) is 0 Å². The molecule has 4 fully saturated rings. The predicted octanol–water partition coefficient (Wildman–Crippen LogP) is 5.39. The minimum absolute atomic E-state index is 0.152. The van der Waals surface area contributed by atoms with Gasteiger partial charge in [0.15, 0.2) is 0 Å². The molecule has 13 heteroatoms. The Morgan fingerprint density at radius 1 is 0.847 bits per heavy atom. The Morgan fingerprint density at radius 3 is 2.31 bits per heavy atom. The molecule has 4 saturated heterocycles. The number of piperidine rings is 4. The molecule has 5 aromatic rings. The molecule has 0 aliphatic carbocycles. The van der Waals surface area contributed by atoms with Crippen molar-refractivity contribution in [1.82, 2.24) is 34.9 Å². The molecule has 59 heavy (non-hydrogen) atoms. The summed E-state index contributed by atoms with van der Waals surface area (Å²) in [5, 5.41) is 26.5. The van der Waals surface area contributed by atoms with Gasteiger partial charge in [-0.1, -0.05) is 30.3 Å².